The number of hydrogen-bond donors (Lipinski definition) is 3. The van der Waals surface area contributed by atoms with Gasteiger partial charge >= 0.3 is 0 Å². The Hall–Kier alpha value is -0.870. The lowest BCUT2D eigenvalue weighted by Crippen LogP contribution is -2.45. The number of amides is 1. The van der Waals surface area contributed by atoms with Crippen molar-refractivity contribution in [2.45, 2.75) is 187 Å². The molecule has 0 aliphatic heterocycles. The van der Waals surface area contributed by atoms with Crippen LogP contribution in [0.5, 0.6) is 0 Å². The van der Waals surface area contributed by atoms with E-state index in [1.165, 1.54) is 122 Å². The number of hydrogen-bond acceptors (Lipinski definition) is 3. The van der Waals surface area contributed by atoms with E-state index in [1.54, 1.807) is 6.08 Å². The van der Waals surface area contributed by atoms with Crippen molar-refractivity contribution in [2.24, 2.45) is 0 Å². The first kappa shape index (κ1) is 36.1. The molecule has 0 bridgehead atoms. The van der Waals surface area contributed by atoms with E-state index in [0.717, 1.165) is 32.1 Å². The fraction of sp³-hybridized carbons (Fsp3) is 0.909. The van der Waals surface area contributed by atoms with Gasteiger partial charge in [-0.3, -0.25) is 4.79 Å². The molecule has 2 atom stereocenters. The summed E-state index contributed by atoms with van der Waals surface area (Å²) in [6, 6.07) is -0.611. The summed E-state index contributed by atoms with van der Waals surface area (Å²) in [4.78, 5) is 11.9. The summed E-state index contributed by atoms with van der Waals surface area (Å²) >= 11 is 0. The standard InChI is InChI=1S/C33H65NO3/c1-3-5-7-8-9-10-11-12-13-14-15-16-17-18-19-20-21-22-23-24-25-27-28-32(36)31(30-35)34-33(37)29-26-6-4-2/h27-28,31-32,35-36H,3-26,29-30H2,1-2H3,(H,34,37)/b28-27+. The van der Waals surface area contributed by atoms with Crippen molar-refractivity contribution in [3.8, 4) is 0 Å². The molecule has 0 heterocycles. The topological polar surface area (TPSA) is 69.6 Å². The first-order valence-electron chi connectivity index (χ1n) is 16.4. The maximum absolute atomic E-state index is 11.9. The fourth-order valence-electron chi connectivity index (χ4n) is 4.94. The monoisotopic (exact) mass is 523 g/mol. The number of allylic oxidation sites excluding steroid dienone is 1. The van der Waals surface area contributed by atoms with Crippen molar-refractivity contribution in [3.63, 3.8) is 0 Å². The summed E-state index contributed by atoms with van der Waals surface area (Å²) in [5.74, 6) is -0.0889. The number of unbranched alkanes of at least 4 members (excludes halogenated alkanes) is 22. The average molecular weight is 524 g/mol. The molecule has 0 aromatic heterocycles. The smallest absolute Gasteiger partial charge is 0.220 e. The van der Waals surface area contributed by atoms with Gasteiger partial charge in [-0.05, 0) is 19.3 Å². The van der Waals surface area contributed by atoms with Crippen LogP contribution >= 0.6 is 0 Å². The first-order valence-corrected chi connectivity index (χ1v) is 16.4. The predicted molar refractivity (Wildman–Crippen MR) is 161 cm³/mol. The molecule has 37 heavy (non-hydrogen) atoms. The maximum atomic E-state index is 11.9. The van der Waals surface area contributed by atoms with Crippen LogP contribution in [-0.2, 0) is 4.79 Å². The van der Waals surface area contributed by atoms with Crippen molar-refractivity contribution < 1.29 is 15.0 Å². The highest BCUT2D eigenvalue weighted by molar-refractivity contribution is 5.76. The molecule has 0 aromatic rings. The number of rotatable bonds is 29. The molecule has 0 rings (SSSR count). The summed E-state index contributed by atoms with van der Waals surface area (Å²) < 4.78 is 0. The number of aliphatic hydroxyl groups is 2. The highest BCUT2D eigenvalue weighted by Crippen LogP contribution is 2.15. The molecule has 2 unspecified atom stereocenters. The minimum Gasteiger partial charge on any atom is -0.394 e. The molecule has 0 saturated carbocycles. The third kappa shape index (κ3) is 26.5. The van der Waals surface area contributed by atoms with Gasteiger partial charge in [-0.2, -0.15) is 0 Å². The Kier molecular flexibility index (Phi) is 29.0. The minimum absolute atomic E-state index is 0.0889. The highest BCUT2D eigenvalue weighted by atomic mass is 16.3. The van der Waals surface area contributed by atoms with E-state index in [2.05, 4.69) is 19.2 Å². The lowest BCUT2D eigenvalue weighted by molar-refractivity contribution is -0.123. The van der Waals surface area contributed by atoms with Gasteiger partial charge in [0.15, 0.2) is 0 Å². The maximum Gasteiger partial charge on any atom is 0.220 e. The normalized spacial score (nSPS) is 13.3. The Bertz CT molecular complexity index is 494. The number of carbonyl (C=O) groups is 1. The Balaban J connectivity index is 3.42. The molecule has 1 amide bonds. The minimum atomic E-state index is -0.828. The van der Waals surface area contributed by atoms with Crippen molar-refractivity contribution in [2.75, 3.05) is 6.61 Å². The van der Waals surface area contributed by atoms with Crippen LogP contribution in [0.4, 0.5) is 0 Å². The van der Waals surface area contributed by atoms with E-state index in [4.69, 9.17) is 0 Å². The molecule has 0 aliphatic carbocycles. The zero-order valence-corrected chi connectivity index (χ0v) is 25.0. The molecule has 4 nitrogen and oxygen atoms in total. The van der Waals surface area contributed by atoms with Crippen molar-refractivity contribution in [1.29, 1.82) is 0 Å². The van der Waals surface area contributed by atoms with Gasteiger partial charge in [0.25, 0.3) is 0 Å². The SMILES string of the molecule is CCCCCCCCCCCCCCCCCCCCCC/C=C/C(O)C(CO)NC(=O)CCCCC. The molecule has 0 radical (unpaired) electrons. The molecule has 0 fully saturated rings. The molecule has 0 aliphatic rings. The lowest BCUT2D eigenvalue weighted by Gasteiger charge is -2.19. The van der Waals surface area contributed by atoms with Gasteiger partial charge in [-0.15, -0.1) is 0 Å². The van der Waals surface area contributed by atoms with Gasteiger partial charge in [0.05, 0.1) is 18.8 Å². The highest BCUT2D eigenvalue weighted by Gasteiger charge is 2.17. The number of aliphatic hydroxyl groups excluding tert-OH is 2. The molecule has 0 spiro atoms. The summed E-state index contributed by atoms with van der Waals surface area (Å²) in [5, 5.41) is 22.5. The Labute approximate surface area is 231 Å². The first-order chi connectivity index (χ1) is 18.2. The fourth-order valence-corrected chi connectivity index (χ4v) is 4.94. The van der Waals surface area contributed by atoms with Gasteiger partial charge in [0.1, 0.15) is 0 Å². The zero-order valence-electron chi connectivity index (χ0n) is 25.0. The van der Waals surface area contributed by atoms with Gasteiger partial charge in [-0.25, -0.2) is 0 Å². The van der Waals surface area contributed by atoms with E-state index >= 15 is 0 Å². The van der Waals surface area contributed by atoms with Crippen LogP contribution in [0.25, 0.3) is 0 Å². The van der Waals surface area contributed by atoms with Crippen molar-refractivity contribution >= 4 is 5.91 Å². The van der Waals surface area contributed by atoms with Gasteiger partial charge in [0, 0.05) is 6.42 Å². The molecule has 220 valence electrons. The third-order valence-corrected chi connectivity index (χ3v) is 7.52. The summed E-state index contributed by atoms with van der Waals surface area (Å²) in [6.45, 7) is 4.14. The Morgan fingerprint density at radius 1 is 0.622 bits per heavy atom. The van der Waals surface area contributed by atoms with E-state index in [0.29, 0.717) is 6.42 Å². The summed E-state index contributed by atoms with van der Waals surface area (Å²) in [5.41, 5.74) is 0. The van der Waals surface area contributed by atoms with Crippen LogP contribution in [0, 0.1) is 0 Å². The van der Waals surface area contributed by atoms with E-state index < -0.39 is 12.1 Å². The molecular formula is C33H65NO3. The van der Waals surface area contributed by atoms with Crippen molar-refractivity contribution in [1.82, 2.24) is 5.32 Å². The number of carbonyl (C=O) groups excluding carboxylic acids is 1. The van der Waals surface area contributed by atoms with Gasteiger partial charge in [-0.1, -0.05) is 161 Å². The predicted octanol–water partition coefficient (Wildman–Crippen LogP) is 9.17. The molecule has 0 saturated heterocycles. The van der Waals surface area contributed by atoms with E-state index in [1.807, 2.05) is 6.08 Å². The van der Waals surface area contributed by atoms with Crippen molar-refractivity contribution in [3.05, 3.63) is 12.2 Å². The van der Waals surface area contributed by atoms with Crippen LogP contribution in [0.3, 0.4) is 0 Å². The van der Waals surface area contributed by atoms with E-state index in [9.17, 15) is 15.0 Å². The molecule has 3 N–H and O–H groups in total. The second-order valence-electron chi connectivity index (χ2n) is 11.2. The lowest BCUT2D eigenvalue weighted by atomic mass is 10.0. The van der Waals surface area contributed by atoms with E-state index in [-0.39, 0.29) is 12.5 Å². The molecular weight excluding hydrogens is 458 g/mol. The summed E-state index contributed by atoms with van der Waals surface area (Å²) in [7, 11) is 0. The van der Waals surface area contributed by atoms with Crippen LogP contribution in [0.2, 0.25) is 0 Å². The molecule has 0 aromatic carbocycles. The van der Waals surface area contributed by atoms with Crippen LogP contribution in [0.15, 0.2) is 12.2 Å². The van der Waals surface area contributed by atoms with Gasteiger partial charge < -0.3 is 15.5 Å². The second kappa shape index (κ2) is 29.7. The second-order valence-corrected chi connectivity index (χ2v) is 11.2. The Morgan fingerprint density at radius 2 is 1.00 bits per heavy atom. The Morgan fingerprint density at radius 3 is 1.41 bits per heavy atom. The molecule has 4 heteroatoms. The summed E-state index contributed by atoms with van der Waals surface area (Å²) in [6.07, 6.45) is 35.0. The quantitative estimate of drug-likeness (QED) is 0.0676. The average Bonchev–Trinajstić information content (AvgIpc) is 2.90. The van der Waals surface area contributed by atoms with Crippen LogP contribution < -0.4 is 5.32 Å². The largest absolute Gasteiger partial charge is 0.394 e. The van der Waals surface area contributed by atoms with Crippen LogP contribution in [0.1, 0.15) is 174 Å². The zero-order chi connectivity index (χ0) is 27.2. The third-order valence-electron chi connectivity index (χ3n) is 7.52. The van der Waals surface area contributed by atoms with Crippen LogP contribution in [-0.4, -0.2) is 34.9 Å². The number of nitrogens with one attached hydrogen (secondary N) is 1. The van der Waals surface area contributed by atoms with Gasteiger partial charge in [0.2, 0.25) is 5.91 Å².